The van der Waals surface area contributed by atoms with Crippen molar-refractivity contribution in [2.45, 2.75) is 58.8 Å². The molecule has 0 saturated heterocycles. The Bertz CT molecular complexity index is 514. The minimum Gasteiger partial charge on any atom is -0.295 e. The lowest BCUT2D eigenvalue weighted by Gasteiger charge is -2.50. The topological polar surface area (TPSA) is 34.1 Å². The number of allylic oxidation sites excluding steroid dienone is 4. The number of hydrogen-bond donors (Lipinski definition) is 0. The summed E-state index contributed by atoms with van der Waals surface area (Å²) in [7, 11) is 0. The summed E-state index contributed by atoms with van der Waals surface area (Å²) in [5, 5.41) is 0. The van der Waals surface area contributed by atoms with Gasteiger partial charge in [0, 0.05) is 6.42 Å². The molecule has 2 saturated carbocycles. The number of carbonyl (C=O) groups excluding carboxylic acids is 2. The maximum atomic E-state index is 11.7. The van der Waals surface area contributed by atoms with Crippen LogP contribution >= 0.6 is 0 Å². The van der Waals surface area contributed by atoms with Gasteiger partial charge in [0.15, 0.2) is 11.6 Å². The lowest BCUT2D eigenvalue weighted by Crippen LogP contribution is -2.41. The van der Waals surface area contributed by atoms with E-state index in [1.54, 1.807) is 13.0 Å². The highest BCUT2D eigenvalue weighted by Crippen LogP contribution is 2.53. The van der Waals surface area contributed by atoms with Crippen LogP contribution in [0, 0.1) is 29.6 Å². The Morgan fingerprint density at radius 1 is 1.18 bits per heavy atom. The average molecular weight is 300 g/mol. The molecule has 3 aliphatic rings. The van der Waals surface area contributed by atoms with Gasteiger partial charge in [-0.1, -0.05) is 25.0 Å². The highest BCUT2D eigenvalue weighted by molar-refractivity contribution is 5.91. The van der Waals surface area contributed by atoms with Crippen LogP contribution in [0.25, 0.3) is 0 Å². The van der Waals surface area contributed by atoms with Crippen molar-refractivity contribution in [2.24, 2.45) is 29.6 Å². The second-order valence-corrected chi connectivity index (χ2v) is 7.49. The molecule has 0 aliphatic heterocycles. The van der Waals surface area contributed by atoms with E-state index >= 15 is 0 Å². The molecule has 2 nitrogen and oxygen atoms in total. The smallest absolute Gasteiger partial charge is 0.155 e. The fourth-order valence-electron chi connectivity index (χ4n) is 5.33. The Labute approximate surface area is 134 Å². The van der Waals surface area contributed by atoms with E-state index < -0.39 is 0 Å². The molecule has 3 rings (SSSR count). The molecule has 0 N–H and O–H groups in total. The first-order valence-electron chi connectivity index (χ1n) is 9.02. The summed E-state index contributed by atoms with van der Waals surface area (Å²) in [4.78, 5) is 23.1. The number of ketones is 2. The van der Waals surface area contributed by atoms with Gasteiger partial charge in [-0.3, -0.25) is 9.59 Å². The van der Waals surface area contributed by atoms with Crippen LogP contribution in [-0.4, -0.2) is 11.6 Å². The largest absolute Gasteiger partial charge is 0.295 e. The van der Waals surface area contributed by atoms with Crippen LogP contribution in [0.5, 0.6) is 0 Å². The fraction of sp³-hybridized carbons (Fsp3) is 0.700. The molecule has 3 aliphatic carbocycles. The van der Waals surface area contributed by atoms with Crippen molar-refractivity contribution in [3.63, 3.8) is 0 Å². The highest BCUT2D eigenvalue weighted by Gasteiger charge is 2.44. The standard InChI is InChI=1S/C20H28O2/c1-3-14-5-9-20-18-11-7-16(22)12-15(18)6-10-19(20)17(14)8-4-13(2)21/h4,8,12,14,17-20H,3,5-7,9-11H2,1-2H3/b8-4-/t14-,17?,18?,19?,20?/m1/s1. The summed E-state index contributed by atoms with van der Waals surface area (Å²) in [6.45, 7) is 3.93. The first-order chi connectivity index (χ1) is 10.6. The summed E-state index contributed by atoms with van der Waals surface area (Å²) in [5.41, 5.74) is 1.43. The molecule has 22 heavy (non-hydrogen) atoms. The molecule has 0 spiro atoms. The quantitative estimate of drug-likeness (QED) is 0.719. The van der Waals surface area contributed by atoms with Crippen LogP contribution < -0.4 is 0 Å². The van der Waals surface area contributed by atoms with Crippen molar-refractivity contribution in [2.75, 3.05) is 0 Å². The van der Waals surface area contributed by atoms with E-state index in [0.717, 1.165) is 31.1 Å². The molecule has 4 unspecified atom stereocenters. The van der Waals surface area contributed by atoms with Crippen LogP contribution in [0.4, 0.5) is 0 Å². The van der Waals surface area contributed by atoms with Gasteiger partial charge < -0.3 is 0 Å². The van der Waals surface area contributed by atoms with Gasteiger partial charge in [0.2, 0.25) is 0 Å². The third-order valence-electron chi connectivity index (χ3n) is 6.34. The molecular weight excluding hydrogens is 272 g/mol. The van der Waals surface area contributed by atoms with E-state index in [1.807, 2.05) is 6.08 Å². The van der Waals surface area contributed by atoms with Crippen molar-refractivity contribution in [1.29, 1.82) is 0 Å². The second kappa shape index (κ2) is 6.52. The van der Waals surface area contributed by atoms with Gasteiger partial charge in [0.1, 0.15) is 0 Å². The van der Waals surface area contributed by atoms with Crippen LogP contribution in [0.1, 0.15) is 58.8 Å². The van der Waals surface area contributed by atoms with Crippen LogP contribution in [0.15, 0.2) is 23.8 Å². The van der Waals surface area contributed by atoms with E-state index in [-0.39, 0.29) is 5.78 Å². The third kappa shape index (κ3) is 2.98. The third-order valence-corrected chi connectivity index (χ3v) is 6.34. The Balaban J connectivity index is 1.84. The first-order valence-corrected chi connectivity index (χ1v) is 9.02. The molecule has 0 bridgehead atoms. The number of rotatable bonds is 3. The zero-order valence-electron chi connectivity index (χ0n) is 13.9. The Morgan fingerprint density at radius 2 is 2.00 bits per heavy atom. The summed E-state index contributed by atoms with van der Waals surface area (Å²) in [6, 6.07) is 0. The Hall–Kier alpha value is -1.18. The van der Waals surface area contributed by atoms with Gasteiger partial charge in [-0.05, 0) is 80.8 Å². The SMILES string of the molecule is CC[C@@H]1CCC2C3CCC(=O)C=C3CCC2C1/C=C\C(C)=O. The fourth-order valence-corrected chi connectivity index (χ4v) is 5.33. The van der Waals surface area contributed by atoms with Gasteiger partial charge in [-0.25, -0.2) is 0 Å². The van der Waals surface area contributed by atoms with Gasteiger partial charge >= 0.3 is 0 Å². The summed E-state index contributed by atoms with van der Waals surface area (Å²) < 4.78 is 0. The molecule has 0 amide bonds. The van der Waals surface area contributed by atoms with Gasteiger partial charge in [-0.15, -0.1) is 0 Å². The van der Waals surface area contributed by atoms with Crippen molar-refractivity contribution < 1.29 is 9.59 Å². The number of carbonyl (C=O) groups is 2. The molecule has 2 heteroatoms. The highest BCUT2D eigenvalue weighted by atomic mass is 16.1. The number of fused-ring (bicyclic) bond motifs is 3. The monoisotopic (exact) mass is 300 g/mol. The minimum absolute atomic E-state index is 0.164. The predicted molar refractivity (Wildman–Crippen MR) is 88.4 cm³/mol. The lowest BCUT2D eigenvalue weighted by atomic mass is 9.55. The normalized spacial score (nSPS) is 38.4. The molecule has 120 valence electrons. The van der Waals surface area contributed by atoms with Crippen molar-refractivity contribution >= 4 is 11.6 Å². The maximum Gasteiger partial charge on any atom is 0.155 e. The summed E-state index contributed by atoms with van der Waals surface area (Å²) in [5.74, 6) is 3.88. The summed E-state index contributed by atoms with van der Waals surface area (Å²) >= 11 is 0. The van der Waals surface area contributed by atoms with Gasteiger partial charge in [0.25, 0.3) is 0 Å². The van der Waals surface area contributed by atoms with Crippen LogP contribution in [0.2, 0.25) is 0 Å². The molecule has 2 fully saturated rings. The number of hydrogen-bond acceptors (Lipinski definition) is 2. The Kier molecular flexibility index (Phi) is 4.65. The van der Waals surface area contributed by atoms with Gasteiger partial charge in [-0.2, -0.15) is 0 Å². The zero-order valence-corrected chi connectivity index (χ0v) is 13.9. The van der Waals surface area contributed by atoms with Crippen LogP contribution in [0.3, 0.4) is 0 Å². The van der Waals surface area contributed by atoms with Crippen molar-refractivity contribution in [3.8, 4) is 0 Å². The molecule has 5 atom stereocenters. The molecule has 0 aromatic carbocycles. The minimum atomic E-state index is 0.164. The second-order valence-electron chi connectivity index (χ2n) is 7.49. The van der Waals surface area contributed by atoms with E-state index in [2.05, 4.69) is 13.0 Å². The molecular formula is C20H28O2. The first kappa shape index (κ1) is 15.7. The molecule has 0 aromatic rings. The zero-order chi connectivity index (χ0) is 15.7. The lowest BCUT2D eigenvalue weighted by molar-refractivity contribution is -0.116. The van der Waals surface area contributed by atoms with Crippen molar-refractivity contribution in [3.05, 3.63) is 23.8 Å². The van der Waals surface area contributed by atoms with Crippen LogP contribution in [-0.2, 0) is 9.59 Å². The van der Waals surface area contributed by atoms with Crippen molar-refractivity contribution in [1.82, 2.24) is 0 Å². The van der Waals surface area contributed by atoms with E-state index in [4.69, 9.17) is 0 Å². The molecule has 0 aromatic heterocycles. The predicted octanol–water partition coefficient (Wildman–Crippen LogP) is 4.50. The molecule has 0 radical (unpaired) electrons. The maximum absolute atomic E-state index is 11.7. The van der Waals surface area contributed by atoms with Gasteiger partial charge in [0.05, 0.1) is 0 Å². The van der Waals surface area contributed by atoms with E-state index in [9.17, 15) is 9.59 Å². The summed E-state index contributed by atoms with van der Waals surface area (Å²) in [6.07, 6.45) is 13.9. The average Bonchev–Trinajstić information content (AvgIpc) is 2.51. The Morgan fingerprint density at radius 3 is 2.73 bits per heavy atom. The van der Waals surface area contributed by atoms with E-state index in [0.29, 0.717) is 23.5 Å². The van der Waals surface area contributed by atoms with E-state index in [1.165, 1.54) is 31.3 Å². The molecule has 0 heterocycles.